The Kier molecular flexibility index (Phi) is 4.50. The molecule has 0 fully saturated rings. The summed E-state index contributed by atoms with van der Waals surface area (Å²) in [6, 6.07) is 7.93. The Morgan fingerprint density at radius 3 is 2.73 bits per heavy atom. The molecule has 1 aromatic carbocycles. The molecule has 1 amide bonds. The molecule has 3 aromatic rings. The summed E-state index contributed by atoms with van der Waals surface area (Å²) in [5.74, 6) is -1.26. The second-order valence-corrected chi connectivity index (χ2v) is 7.22. The van der Waals surface area contributed by atoms with Crippen molar-refractivity contribution in [2.45, 2.75) is 39.3 Å². The molecule has 0 aliphatic heterocycles. The first-order chi connectivity index (χ1) is 12.2. The van der Waals surface area contributed by atoms with Gasteiger partial charge in [0.25, 0.3) is 5.91 Å². The summed E-state index contributed by atoms with van der Waals surface area (Å²) >= 11 is 0. The van der Waals surface area contributed by atoms with Crippen LogP contribution in [0.4, 0.5) is 0 Å². The highest BCUT2D eigenvalue weighted by molar-refractivity contribution is 5.98. The number of nitrogens with zero attached hydrogens (tertiary/aromatic N) is 3. The zero-order chi connectivity index (χ0) is 18.9. The first-order valence-corrected chi connectivity index (χ1v) is 8.24. The molecule has 2 aromatic heterocycles. The van der Waals surface area contributed by atoms with Crippen LogP contribution in [-0.4, -0.2) is 37.0 Å². The molecule has 0 saturated carbocycles. The van der Waals surface area contributed by atoms with E-state index >= 15 is 0 Å². The zero-order valence-electron chi connectivity index (χ0n) is 14.9. The number of carboxylic acids is 1. The van der Waals surface area contributed by atoms with Gasteiger partial charge < -0.3 is 15.4 Å². The van der Waals surface area contributed by atoms with E-state index in [-0.39, 0.29) is 24.4 Å². The Morgan fingerprint density at radius 2 is 2.04 bits per heavy atom. The van der Waals surface area contributed by atoms with E-state index < -0.39 is 5.97 Å². The summed E-state index contributed by atoms with van der Waals surface area (Å²) in [6.45, 7) is 6.33. The van der Waals surface area contributed by atoms with E-state index in [4.69, 9.17) is 5.11 Å². The third kappa shape index (κ3) is 3.90. The number of H-pyrrole nitrogens is 1. The van der Waals surface area contributed by atoms with Gasteiger partial charge in [0.05, 0.1) is 12.7 Å². The Labute approximate surface area is 150 Å². The lowest BCUT2D eigenvalue weighted by molar-refractivity contribution is -0.137. The largest absolute Gasteiger partial charge is 0.480 e. The lowest BCUT2D eigenvalue weighted by Crippen LogP contribution is -2.23. The molecule has 136 valence electrons. The molecule has 0 unspecified atom stereocenters. The maximum Gasteiger partial charge on any atom is 0.325 e. The highest BCUT2D eigenvalue weighted by atomic mass is 16.4. The number of fused-ring (bicyclic) bond motifs is 1. The number of carbonyl (C=O) groups is 2. The number of hydrogen-bond donors (Lipinski definition) is 3. The van der Waals surface area contributed by atoms with Crippen LogP contribution in [0.25, 0.3) is 10.9 Å². The fourth-order valence-corrected chi connectivity index (χ4v) is 2.62. The van der Waals surface area contributed by atoms with Gasteiger partial charge in [0, 0.05) is 10.9 Å². The standard InChI is InChI=1S/C18H21N5O3/c1-18(2,3)12-5-4-11-6-15(20-14(11)7-12)17(26)19-8-13-9-23(22-21-13)10-16(24)25/h4-7,9,20H,8,10H2,1-3H3,(H,19,26)(H,24,25). The van der Waals surface area contributed by atoms with Crippen molar-refractivity contribution in [1.82, 2.24) is 25.3 Å². The molecular formula is C18H21N5O3. The maximum atomic E-state index is 12.4. The average molecular weight is 355 g/mol. The summed E-state index contributed by atoms with van der Waals surface area (Å²) in [4.78, 5) is 26.1. The molecule has 3 rings (SSSR count). The van der Waals surface area contributed by atoms with Crippen molar-refractivity contribution in [3.05, 3.63) is 47.4 Å². The van der Waals surface area contributed by atoms with Crippen molar-refractivity contribution in [2.24, 2.45) is 0 Å². The fourth-order valence-electron chi connectivity index (χ4n) is 2.62. The number of aliphatic carboxylic acids is 1. The number of hydrogen-bond acceptors (Lipinski definition) is 4. The van der Waals surface area contributed by atoms with Gasteiger partial charge in [-0.25, -0.2) is 4.68 Å². The maximum absolute atomic E-state index is 12.4. The van der Waals surface area contributed by atoms with E-state index in [1.807, 2.05) is 6.07 Å². The van der Waals surface area contributed by atoms with Gasteiger partial charge in [0.15, 0.2) is 0 Å². The van der Waals surface area contributed by atoms with Crippen molar-refractivity contribution >= 4 is 22.8 Å². The lowest BCUT2D eigenvalue weighted by Gasteiger charge is -2.18. The Morgan fingerprint density at radius 1 is 1.27 bits per heavy atom. The summed E-state index contributed by atoms with van der Waals surface area (Å²) in [5.41, 5.74) is 3.09. The molecule has 8 heteroatoms. The molecule has 0 aliphatic carbocycles. The van der Waals surface area contributed by atoms with Crippen LogP contribution in [0.1, 0.15) is 42.5 Å². The normalized spacial score (nSPS) is 11.7. The van der Waals surface area contributed by atoms with Gasteiger partial charge in [-0.1, -0.05) is 38.1 Å². The van der Waals surface area contributed by atoms with Gasteiger partial charge in [-0.3, -0.25) is 9.59 Å². The number of carbonyl (C=O) groups excluding carboxylic acids is 1. The second kappa shape index (κ2) is 6.62. The van der Waals surface area contributed by atoms with Crippen molar-refractivity contribution in [2.75, 3.05) is 0 Å². The number of aromatic nitrogens is 4. The van der Waals surface area contributed by atoms with Gasteiger partial charge in [-0.05, 0) is 23.1 Å². The van der Waals surface area contributed by atoms with Crippen LogP contribution < -0.4 is 5.32 Å². The molecule has 26 heavy (non-hydrogen) atoms. The van der Waals surface area contributed by atoms with Crippen molar-refractivity contribution in [3.8, 4) is 0 Å². The van der Waals surface area contributed by atoms with Crippen LogP contribution in [-0.2, 0) is 23.3 Å². The molecule has 0 saturated heterocycles. The minimum atomic E-state index is -1.00. The molecule has 2 heterocycles. The van der Waals surface area contributed by atoms with Crippen LogP contribution >= 0.6 is 0 Å². The van der Waals surface area contributed by atoms with Gasteiger partial charge in [-0.2, -0.15) is 0 Å². The van der Waals surface area contributed by atoms with Crippen molar-refractivity contribution < 1.29 is 14.7 Å². The molecule has 8 nitrogen and oxygen atoms in total. The fraction of sp³-hybridized carbons (Fsp3) is 0.333. The summed E-state index contributed by atoms with van der Waals surface area (Å²) < 4.78 is 1.21. The molecular weight excluding hydrogens is 334 g/mol. The smallest absolute Gasteiger partial charge is 0.325 e. The Balaban J connectivity index is 1.69. The first kappa shape index (κ1) is 17.7. The number of aromatic amines is 1. The predicted molar refractivity (Wildman–Crippen MR) is 95.8 cm³/mol. The summed E-state index contributed by atoms with van der Waals surface area (Å²) in [6.07, 6.45) is 1.50. The third-order valence-corrected chi connectivity index (χ3v) is 4.05. The monoisotopic (exact) mass is 355 g/mol. The number of nitrogens with one attached hydrogen (secondary N) is 2. The van der Waals surface area contributed by atoms with E-state index in [0.717, 1.165) is 10.9 Å². The quantitative estimate of drug-likeness (QED) is 0.648. The number of carboxylic acid groups (broad SMARTS) is 1. The van der Waals surface area contributed by atoms with Crippen LogP contribution in [0.15, 0.2) is 30.5 Å². The number of amides is 1. The van der Waals surface area contributed by atoms with Crippen LogP contribution in [0, 0.1) is 0 Å². The molecule has 0 radical (unpaired) electrons. The first-order valence-electron chi connectivity index (χ1n) is 8.24. The van der Waals surface area contributed by atoms with Crippen LogP contribution in [0.3, 0.4) is 0 Å². The Bertz CT molecular complexity index is 965. The minimum absolute atomic E-state index is 0.0313. The minimum Gasteiger partial charge on any atom is -0.480 e. The Hall–Kier alpha value is -3.16. The molecule has 0 spiro atoms. The third-order valence-electron chi connectivity index (χ3n) is 4.05. The number of benzene rings is 1. The lowest BCUT2D eigenvalue weighted by atomic mass is 9.87. The highest BCUT2D eigenvalue weighted by Gasteiger charge is 2.16. The van der Waals surface area contributed by atoms with Crippen LogP contribution in [0.2, 0.25) is 0 Å². The van der Waals surface area contributed by atoms with E-state index in [0.29, 0.717) is 11.4 Å². The molecule has 0 atom stereocenters. The van der Waals surface area contributed by atoms with Crippen molar-refractivity contribution in [1.29, 1.82) is 0 Å². The number of rotatable bonds is 5. The average Bonchev–Trinajstić information content (AvgIpc) is 3.16. The molecule has 0 aliphatic rings. The van der Waals surface area contributed by atoms with E-state index in [1.54, 1.807) is 6.07 Å². The zero-order valence-corrected chi connectivity index (χ0v) is 14.9. The topological polar surface area (TPSA) is 113 Å². The van der Waals surface area contributed by atoms with Gasteiger partial charge in [0.2, 0.25) is 0 Å². The van der Waals surface area contributed by atoms with E-state index in [9.17, 15) is 9.59 Å². The highest BCUT2D eigenvalue weighted by Crippen LogP contribution is 2.26. The molecule has 3 N–H and O–H groups in total. The van der Waals surface area contributed by atoms with Crippen LogP contribution in [0.5, 0.6) is 0 Å². The summed E-state index contributed by atoms with van der Waals surface area (Å²) in [5, 5.41) is 20.0. The van der Waals surface area contributed by atoms with Crippen molar-refractivity contribution in [3.63, 3.8) is 0 Å². The van der Waals surface area contributed by atoms with E-state index in [2.05, 4.69) is 53.5 Å². The van der Waals surface area contributed by atoms with Gasteiger partial charge >= 0.3 is 5.97 Å². The second-order valence-electron chi connectivity index (χ2n) is 7.22. The van der Waals surface area contributed by atoms with E-state index in [1.165, 1.54) is 16.4 Å². The summed E-state index contributed by atoms with van der Waals surface area (Å²) in [7, 11) is 0. The van der Waals surface area contributed by atoms with Gasteiger partial charge in [0.1, 0.15) is 17.9 Å². The predicted octanol–water partition coefficient (Wildman–Crippen LogP) is 2.07. The SMILES string of the molecule is CC(C)(C)c1ccc2cc(C(=O)NCc3cn(CC(=O)O)nn3)[nH]c2c1. The van der Waals surface area contributed by atoms with Gasteiger partial charge in [-0.15, -0.1) is 5.10 Å². The molecule has 0 bridgehead atoms.